The Balaban J connectivity index is 1.77. The van der Waals surface area contributed by atoms with Crippen LogP contribution in [-0.2, 0) is 17.8 Å². The van der Waals surface area contributed by atoms with E-state index in [0.29, 0.717) is 13.0 Å². The molecule has 0 atom stereocenters. The highest BCUT2D eigenvalue weighted by Crippen LogP contribution is 2.28. The number of carbonyl (C=O) groups is 1. The molecule has 21 heavy (non-hydrogen) atoms. The van der Waals surface area contributed by atoms with Crippen molar-refractivity contribution in [3.63, 3.8) is 0 Å². The minimum absolute atomic E-state index is 0.0781. The van der Waals surface area contributed by atoms with Gasteiger partial charge in [0.25, 0.3) is 0 Å². The van der Waals surface area contributed by atoms with Crippen LogP contribution in [0.3, 0.4) is 0 Å². The summed E-state index contributed by atoms with van der Waals surface area (Å²) in [7, 11) is 0. The summed E-state index contributed by atoms with van der Waals surface area (Å²) in [6, 6.07) is 12.2. The number of carbonyl (C=O) groups excluding carboxylic acids is 1. The van der Waals surface area contributed by atoms with Gasteiger partial charge in [-0.1, -0.05) is 24.3 Å². The molecule has 0 bridgehead atoms. The van der Waals surface area contributed by atoms with Gasteiger partial charge in [0.05, 0.1) is 0 Å². The molecular weight excluding hydrogens is 262 g/mol. The van der Waals surface area contributed by atoms with Crippen molar-refractivity contribution in [2.75, 3.05) is 5.32 Å². The maximum atomic E-state index is 11.5. The monoisotopic (exact) mass is 281 g/mol. The second kappa shape index (κ2) is 5.60. The van der Waals surface area contributed by atoms with Crippen molar-refractivity contribution < 1.29 is 9.53 Å². The summed E-state index contributed by atoms with van der Waals surface area (Å²) in [4.78, 5) is 11.5. The largest absolute Gasteiger partial charge is 0.489 e. The van der Waals surface area contributed by atoms with Crippen LogP contribution in [0.4, 0.5) is 5.69 Å². The van der Waals surface area contributed by atoms with E-state index >= 15 is 0 Å². The lowest BCUT2D eigenvalue weighted by atomic mass is 10.0. The van der Waals surface area contributed by atoms with Crippen LogP contribution < -0.4 is 10.1 Å². The van der Waals surface area contributed by atoms with Gasteiger partial charge in [0.1, 0.15) is 12.4 Å². The SMILES string of the molecule is Cc1cccc(C)c1COc1ccc2c(c1)NC(=O)CC2. The van der Waals surface area contributed by atoms with Crippen molar-refractivity contribution in [2.24, 2.45) is 0 Å². The van der Waals surface area contributed by atoms with Crippen molar-refractivity contribution >= 4 is 11.6 Å². The topological polar surface area (TPSA) is 38.3 Å². The lowest BCUT2D eigenvalue weighted by Crippen LogP contribution is -2.18. The van der Waals surface area contributed by atoms with Crippen LogP contribution in [0.1, 0.15) is 28.7 Å². The van der Waals surface area contributed by atoms with Crippen molar-refractivity contribution in [3.05, 3.63) is 58.7 Å². The van der Waals surface area contributed by atoms with E-state index in [4.69, 9.17) is 4.74 Å². The average molecular weight is 281 g/mol. The van der Waals surface area contributed by atoms with Crippen molar-refractivity contribution in [1.82, 2.24) is 0 Å². The number of benzene rings is 2. The van der Waals surface area contributed by atoms with Crippen LogP contribution in [0, 0.1) is 13.8 Å². The van der Waals surface area contributed by atoms with Gasteiger partial charge in [0.2, 0.25) is 5.91 Å². The second-order valence-corrected chi connectivity index (χ2v) is 5.53. The Labute approximate surface area is 124 Å². The fourth-order valence-electron chi connectivity index (χ4n) is 2.67. The predicted octanol–water partition coefficient (Wildman–Crippen LogP) is 3.77. The first-order chi connectivity index (χ1) is 10.1. The molecule has 0 saturated carbocycles. The molecule has 1 N–H and O–H groups in total. The highest BCUT2D eigenvalue weighted by Gasteiger charge is 2.15. The third-order valence-corrected chi connectivity index (χ3v) is 4.00. The Morgan fingerprint density at radius 3 is 2.62 bits per heavy atom. The summed E-state index contributed by atoms with van der Waals surface area (Å²) in [5.41, 5.74) is 5.75. The van der Waals surface area contributed by atoms with E-state index in [1.165, 1.54) is 22.3 Å². The molecule has 1 amide bonds. The van der Waals surface area contributed by atoms with E-state index in [1.54, 1.807) is 0 Å². The number of amides is 1. The molecule has 0 radical (unpaired) electrons. The zero-order chi connectivity index (χ0) is 14.8. The molecule has 108 valence electrons. The van der Waals surface area contributed by atoms with Gasteiger partial charge in [0, 0.05) is 18.2 Å². The number of hydrogen-bond acceptors (Lipinski definition) is 2. The smallest absolute Gasteiger partial charge is 0.224 e. The van der Waals surface area contributed by atoms with Crippen LogP contribution in [-0.4, -0.2) is 5.91 Å². The van der Waals surface area contributed by atoms with E-state index in [0.717, 1.165) is 17.9 Å². The number of aryl methyl sites for hydroxylation is 3. The third-order valence-electron chi connectivity index (χ3n) is 4.00. The van der Waals surface area contributed by atoms with Crippen molar-refractivity contribution in [2.45, 2.75) is 33.3 Å². The molecule has 0 aromatic heterocycles. The van der Waals surface area contributed by atoms with Crippen LogP contribution in [0.5, 0.6) is 5.75 Å². The van der Waals surface area contributed by atoms with Crippen LogP contribution in [0.2, 0.25) is 0 Å². The fourth-order valence-corrected chi connectivity index (χ4v) is 2.67. The molecule has 1 aliphatic rings. The average Bonchev–Trinajstić information content (AvgIpc) is 2.46. The van der Waals surface area contributed by atoms with Gasteiger partial charge in [-0.25, -0.2) is 0 Å². The zero-order valence-electron chi connectivity index (χ0n) is 12.4. The van der Waals surface area contributed by atoms with E-state index in [2.05, 4.69) is 37.4 Å². The van der Waals surface area contributed by atoms with Gasteiger partial charge in [-0.15, -0.1) is 0 Å². The predicted molar refractivity (Wildman–Crippen MR) is 83.6 cm³/mol. The minimum Gasteiger partial charge on any atom is -0.489 e. The van der Waals surface area contributed by atoms with Crippen LogP contribution in [0.15, 0.2) is 36.4 Å². The van der Waals surface area contributed by atoms with Gasteiger partial charge in [-0.05, 0) is 48.6 Å². The van der Waals surface area contributed by atoms with Gasteiger partial charge in [0.15, 0.2) is 0 Å². The molecule has 3 nitrogen and oxygen atoms in total. The molecule has 1 heterocycles. The molecule has 0 unspecified atom stereocenters. The zero-order valence-corrected chi connectivity index (χ0v) is 12.4. The minimum atomic E-state index is 0.0781. The quantitative estimate of drug-likeness (QED) is 0.930. The molecule has 3 rings (SSSR count). The van der Waals surface area contributed by atoms with Gasteiger partial charge in [-0.2, -0.15) is 0 Å². The molecule has 0 spiro atoms. The fraction of sp³-hybridized carbons (Fsp3) is 0.278. The summed E-state index contributed by atoms with van der Waals surface area (Å²) >= 11 is 0. The number of rotatable bonds is 3. The Hall–Kier alpha value is -2.29. The molecule has 0 fully saturated rings. The third kappa shape index (κ3) is 2.92. The molecule has 2 aromatic rings. The first-order valence-corrected chi connectivity index (χ1v) is 7.24. The molecule has 0 aliphatic carbocycles. The van der Waals surface area contributed by atoms with Gasteiger partial charge in [-0.3, -0.25) is 4.79 Å². The van der Waals surface area contributed by atoms with E-state index in [9.17, 15) is 4.79 Å². The van der Waals surface area contributed by atoms with E-state index in [1.807, 2.05) is 18.2 Å². The van der Waals surface area contributed by atoms with Gasteiger partial charge < -0.3 is 10.1 Å². The lowest BCUT2D eigenvalue weighted by Gasteiger charge is -2.18. The van der Waals surface area contributed by atoms with Crippen LogP contribution in [0.25, 0.3) is 0 Å². The summed E-state index contributed by atoms with van der Waals surface area (Å²) < 4.78 is 5.90. The maximum Gasteiger partial charge on any atom is 0.224 e. The summed E-state index contributed by atoms with van der Waals surface area (Å²) in [6.45, 7) is 4.74. The number of hydrogen-bond donors (Lipinski definition) is 1. The van der Waals surface area contributed by atoms with Crippen molar-refractivity contribution in [1.29, 1.82) is 0 Å². The first kappa shape index (κ1) is 13.7. The molecule has 2 aromatic carbocycles. The molecule has 1 aliphatic heterocycles. The summed E-state index contributed by atoms with van der Waals surface area (Å²) in [5.74, 6) is 0.869. The van der Waals surface area contributed by atoms with E-state index in [-0.39, 0.29) is 5.91 Å². The Morgan fingerprint density at radius 1 is 1.10 bits per heavy atom. The first-order valence-electron chi connectivity index (χ1n) is 7.24. The molecule has 0 saturated heterocycles. The Morgan fingerprint density at radius 2 is 1.86 bits per heavy atom. The molecular formula is C18H19NO2. The highest BCUT2D eigenvalue weighted by molar-refractivity contribution is 5.94. The highest BCUT2D eigenvalue weighted by atomic mass is 16.5. The number of ether oxygens (including phenoxy) is 1. The Bertz CT molecular complexity index is 671. The number of fused-ring (bicyclic) bond motifs is 1. The maximum absolute atomic E-state index is 11.5. The van der Waals surface area contributed by atoms with E-state index < -0.39 is 0 Å². The Kier molecular flexibility index (Phi) is 3.65. The van der Waals surface area contributed by atoms with Gasteiger partial charge >= 0.3 is 0 Å². The molecule has 3 heteroatoms. The summed E-state index contributed by atoms with van der Waals surface area (Å²) in [6.07, 6.45) is 1.37. The normalized spacial score (nSPS) is 13.5. The summed E-state index contributed by atoms with van der Waals surface area (Å²) in [5, 5.41) is 2.90. The standard InChI is InChI=1S/C18H19NO2/c1-12-4-3-5-13(2)16(12)11-21-15-8-6-14-7-9-18(20)19-17(14)10-15/h3-6,8,10H,7,9,11H2,1-2H3,(H,19,20). The lowest BCUT2D eigenvalue weighted by molar-refractivity contribution is -0.116. The van der Waals surface area contributed by atoms with Crippen LogP contribution >= 0.6 is 0 Å². The second-order valence-electron chi connectivity index (χ2n) is 5.53. The van der Waals surface area contributed by atoms with Crippen molar-refractivity contribution in [3.8, 4) is 5.75 Å². The number of anilines is 1. The number of nitrogens with one attached hydrogen (secondary N) is 1.